The van der Waals surface area contributed by atoms with Gasteiger partial charge in [-0.1, -0.05) is 24.3 Å². The fraction of sp³-hybridized carbons (Fsp3) is 0.250. The third kappa shape index (κ3) is 2.86. The van der Waals surface area contributed by atoms with Crippen molar-refractivity contribution in [1.29, 1.82) is 0 Å². The Balaban J connectivity index is 2.50. The van der Waals surface area contributed by atoms with Crippen molar-refractivity contribution < 1.29 is 9.90 Å². The second-order valence-electron chi connectivity index (χ2n) is 4.59. The molecule has 0 saturated carbocycles. The minimum absolute atomic E-state index is 0.0679. The molecule has 0 saturated heterocycles. The highest BCUT2D eigenvalue weighted by molar-refractivity contribution is 6.06. The predicted molar refractivity (Wildman–Crippen MR) is 79.7 cm³/mol. The molecule has 0 fully saturated rings. The molecule has 2 aromatic rings. The van der Waals surface area contributed by atoms with Gasteiger partial charge in [-0.05, 0) is 19.1 Å². The van der Waals surface area contributed by atoms with Gasteiger partial charge in [-0.15, -0.1) is 6.58 Å². The SMILES string of the molecule is C=CCN(CCO)C(=O)c1cc(C)nc2ccccc12. The van der Waals surface area contributed by atoms with E-state index in [1.54, 1.807) is 17.0 Å². The number of para-hydroxylation sites is 1. The van der Waals surface area contributed by atoms with Gasteiger partial charge in [0.05, 0.1) is 17.7 Å². The van der Waals surface area contributed by atoms with Gasteiger partial charge < -0.3 is 10.0 Å². The van der Waals surface area contributed by atoms with Crippen LogP contribution in [0.2, 0.25) is 0 Å². The molecule has 1 aromatic heterocycles. The number of benzene rings is 1. The van der Waals surface area contributed by atoms with Crippen LogP contribution < -0.4 is 0 Å². The van der Waals surface area contributed by atoms with Crippen molar-refractivity contribution in [2.24, 2.45) is 0 Å². The van der Waals surface area contributed by atoms with Crippen LogP contribution in [0.15, 0.2) is 43.0 Å². The molecule has 1 N–H and O–H groups in total. The number of aliphatic hydroxyl groups excluding tert-OH is 1. The largest absolute Gasteiger partial charge is 0.395 e. The van der Waals surface area contributed by atoms with Crippen molar-refractivity contribution in [1.82, 2.24) is 9.88 Å². The number of aryl methyl sites for hydroxylation is 1. The maximum atomic E-state index is 12.6. The van der Waals surface area contributed by atoms with Gasteiger partial charge in [0.2, 0.25) is 0 Å². The molecule has 0 unspecified atom stereocenters. The van der Waals surface area contributed by atoms with E-state index in [-0.39, 0.29) is 12.5 Å². The number of amides is 1. The Hall–Kier alpha value is -2.20. The van der Waals surface area contributed by atoms with Crippen LogP contribution in [0.5, 0.6) is 0 Å². The summed E-state index contributed by atoms with van der Waals surface area (Å²) in [6.07, 6.45) is 1.66. The lowest BCUT2D eigenvalue weighted by atomic mass is 10.1. The van der Waals surface area contributed by atoms with E-state index in [1.807, 2.05) is 31.2 Å². The number of pyridine rings is 1. The maximum Gasteiger partial charge on any atom is 0.254 e. The highest BCUT2D eigenvalue weighted by Crippen LogP contribution is 2.19. The van der Waals surface area contributed by atoms with Crippen molar-refractivity contribution in [3.8, 4) is 0 Å². The van der Waals surface area contributed by atoms with Gasteiger partial charge in [-0.3, -0.25) is 9.78 Å². The Morgan fingerprint density at radius 3 is 2.90 bits per heavy atom. The van der Waals surface area contributed by atoms with Crippen molar-refractivity contribution in [3.63, 3.8) is 0 Å². The molecule has 0 bridgehead atoms. The molecule has 20 heavy (non-hydrogen) atoms. The lowest BCUT2D eigenvalue weighted by molar-refractivity contribution is 0.0744. The van der Waals surface area contributed by atoms with E-state index in [4.69, 9.17) is 5.11 Å². The van der Waals surface area contributed by atoms with Gasteiger partial charge in [0, 0.05) is 24.2 Å². The van der Waals surface area contributed by atoms with Crippen LogP contribution in [0.4, 0.5) is 0 Å². The number of rotatable bonds is 5. The van der Waals surface area contributed by atoms with Gasteiger partial charge in [-0.2, -0.15) is 0 Å². The van der Waals surface area contributed by atoms with E-state index < -0.39 is 0 Å². The van der Waals surface area contributed by atoms with Crippen LogP contribution in [0.3, 0.4) is 0 Å². The Bertz CT molecular complexity index is 637. The Morgan fingerprint density at radius 2 is 2.20 bits per heavy atom. The van der Waals surface area contributed by atoms with Crippen LogP contribution in [-0.4, -0.2) is 40.6 Å². The third-order valence-corrected chi connectivity index (χ3v) is 3.08. The molecule has 1 heterocycles. The van der Waals surface area contributed by atoms with Crippen molar-refractivity contribution in [2.45, 2.75) is 6.92 Å². The molecule has 2 rings (SSSR count). The van der Waals surface area contributed by atoms with Gasteiger partial charge >= 0.3 is 0 Å². The van der Waals surface area contributed by atoms with Crippen LogP contribution in [0.25, 0.3) is 10.9 Å². The first kappa shape index (κ1) is 14.2. The number of hydrogen-bond acceptors (Lipinski definition) is 3. The summed E-state index contributed by atoms with van der Waals surface area (Å²) in [4.78, 5) is 18.6. The lowest BCUT2D eigenvalue weighted by Crippen LogP contribution is -2.33. The zero-order valence-electron chi connectivity index (χ0n) is 11.5. The zero-order valence-corrected chi connectivity index (χ0v) is 11.5. The molecule has 0 aliphatic heterocycles. The van der Waals surface area contributed by atoms with Crippen LogP contribution >= 0.6 is 0 Å². The van der Waals surface area contributed by atoms with Gasteiger partial charge in [0.25, 0.3) is 5.91 Å². The van der Waals surface area contributed by atoms with E-state index in [2.05, 4.69) is 11.6 Å². The van der Waals surface area contributed by atoms with Crippen LogP contribution in [0.1, 0.15) is 16.1 Å². The zero-order chi connectivity index (χ0) is 14.5. The smallest absolute Gasteiger partial charge is 0.254 e. The molecule has 0 radical (unpaired) electrons. The Kier molecular flexibility index (Phi) is 4.48. The predicted octanol–water partition coefficient (Wildman–Crippen LogP) is 2.16. The van der Waals surface area contributed by atoms with Gasteiger partial charge in [0.15, 0.2) is 0 Å². The van der Waals surface area contributed by atoms with E-state index in [9.17, 15) is 4.79 Å². The Morgan fingerprint density at radius 1 is 1.45 bits per heavy atom. The fourth-order valence-electron chi connectivity index (χ4n) is 2.21. The molecule has 104 valence electrons. The highest BCUT2D eigenvalue weighted by atomic mass is 16.3. The quantitative estimate of drug-likeness (QED) is 0.847. The fourth-order valence-corrected chi connectivity index (χ4v) is 2.21. The molecule has 0 atom stereocenters. The number of aromatic nitrogens is 1. The van der Waals surface area contributed by atoms with E-state index in [0.29, 0.717) is 18.7 Å². The minimum atomic E-state index is -0.111. The first-order valence-corrected chi connectivity index (χ1v) is 6.54. The molecule has 1 aromatic carbocycles. The average Bonchev–Trinajstić information content (AvgIpc) is 2.45. The molecule has 0 aliphatic carbocycles. The maximum absolute atomic E-state index is 12.6. The number of carbonyl (C=O) groups excluding carboxylic acids is 1. The van der Waals surface area contributed by atoms with Crippen LogP contribution in [-0.2, 0) is 0 Å². The third-order valence-electron chi connectivity index (χ3n) is 3.08. The van der Waals surface area contributed by atoms with E-state index in [1.165, 1.54) is 0 Å². The second-order valence-corrected chi connectivity index (χ2v) is 4.59. The Labute approximate surface area is 118 Å². The first-order chi connectivity index (χ1) is 9.67. The molecule has 1 amide bonds. The summed E-state index contributed by atoms with van der Waals surface area (Å²) >= 11 is 0. The molecule has 4 heteroatoms. The van der Waals surface area contributed by atoms with Crippen LogP contribution in [0, 0.1) is 6.92 Å². The number of hydrogen-bond donors (Lipinski definition) is 1. The molecule has 0 spiro atoms. The molecule has 0 aliphatic rings. The number of carbonyl (C=O) groups is 1. The number of fused-ring (bicyclic) bond motifs is 1. The van der Waals surface area contributed by atoms with Crippen molar-refractivity contribution in [3.05, 3.63) is 54.2 Å². The summed E-state index contributed by atoms with van der Waals surface area (Å²) in [7, 11) is 0. The highest BCUT2D eigenvalue weighted by Gasteiger charge is 2.17. The topological polar surface area (TPSA) is 53.4 Å². The number of aliphatic hydroxyl groups is 1. The number of nitrogens with zero attached hydrogens (tertiary/aromatic N) is 2. The average molecular weight is 270 g/mol. The van der Waals surface area contributed by atoms with Crippen molar-refractivity contribution >= 4 is 16.8 Å². The van der Waals surface area contributed by atoms with Gasteiger partial charge in [-0.25, -0.2) is 0 Å². The molecular weight excluding hydrogens is 252 g/mol. The summed E-state index contributed by atoms with van der Waals surface area (Å²) in [6.45, 7) is 6.16. The summed E-state index contributed by atoms with van der Waals surface area (Å²) in [5, 5.41) is 9.92. The normalized spacial score (nSPS) is 10.5. The summed E-state index contributed by atoms with van der Waals surface area (Å²) in [5.41, 5.74) is 2.22. The summed E-state index contributed by atoms with van der Waals surface area (Å²) in [5.74, 6) is -0.111. The van der Waals surface area contributed by atoms with E-state index >= 15 is 0 Å². The van der Waals surface area contributed by atoms with E-state index in [0.717, 1.165) is 16.6 Å². The monoisotopic (exact) mass is 270 g/mol. The van der Waals surface area contributed by atoms with Crippen molar-refractivity contribution in [2.75, 3.05) is 19.7 Å². The lowest BCUT2D eigenvalue weighted by Gasteiger charge is -2.21. The standard InChI is InChI=1S/C16H18N2O2/c1-3-8-18(9-10-19)16(20)14-11-12(2)17-15-7-5-4-6-13(14)15/h3-7,11,19H,1,8-10H2,2H3. The second kappa shape index (κ2) is 6.30. The summed E-state index contributed by atoms with van der Waals surface area (Å²) in [6, 6.07) is 9.36. The minimum Gasteiger partial charge on any atom is -0.395 e. The summed E-state index contributed by atoms with van der Waals surface area (Å²) < 4.78 is 0. The van der Waals surface area contributed by atoms with Gasteiger partial charge in [0.1, 0.15) is 0 Å². The molecule has 4 nitrogen and oxygen atoms in total. The molecular formula is C16H18N2O2. The first-order valence-electron chi connectivity index (χ1n) is 6.54.